The molecule has 0 aliphatic rings. The van der Waals surface area contributed by atoms with Gasteiger partial charge in [-0.2, -0.15) is 8.78 Å². The molecule has 7 nitrogen and oxygen atoms in total. The van der Waals surface area contributed by atoms with Gasteiger partial charge >= 0.3 is 12.6 Å². The number of para-hydroxylation sites is 1. The van der Waals surface area contributed by atoms with Crippen LogP contribution in [0.4, 0.5) is 19.3 Å². The average Bonchev–Trinajstić information content (AvgIpc) is 2.68. The van der Waals surface area contributed by atoms with Crippen LogP contribution in [-0.4, -0.2) is 50.6 Å². The number of halogens is 2. The van der Waals surface area contributed by atoms with E-state index in [4.69, 9.17) is 0 Å². The molecule has 0 spiro atoms. The zero-order valence-electron chi connectivity index (χ0n) is 17.2. The number of nitrogens with one attached hydrogen (secondary N) is 3. The molecule has 2 aromatic rings. The molecular formula is C21H26F2N4O3. The number of carbonyl (C=O) groups excluding carboxylic acids is 2. The molecule has 0 heterocycles. The van der Waals surface area contributed by atoms with Crippen molar-refractivity contribution in [3.63, 3.8) is 0 Å². The average molecular weight is 420 g/mol. The van der Waals surface area contributed by atoms with Gasteiger partial charge in [0.2, 0.25) is 0 Å². The molecule has 2 rings (SSSR count). The summed E-state index contributed by atoms with van der Waals surface area (Å²) in [6.07, 6.45) is 0. The first-order chi connectivity index (χ1) is 14.3. The second-order valence-electron chi connectivity index (χ2n) is 6.89. The Morgan fingerprint density at radius 2 is 1.83 bits per heavy atom. The van der Waals surface area contributed by atoms with Gasteiger partial charge in [-0.1, -0.05) is 24.3 Å². The Morgan fingerprint density at radius 1 is 1.10 bits per heavy atom. The fourth-order valence-electron chi connectivity index (χ4n) is 2.65. The van der Waals surface area contributed by atoms with E-state index in [2.05, 4.69) is 20.7 Å². The van der Waals surface area contributed by atoms with Crippen molar-refractivity contribution < 1.29 is 23.1 Å². The summed E-state index contributed by atoms with van der Waals surface area (Å²) in [6.45, 7) is 0.0786. The van der Waals surface area contributed by atoms with Crippen LogP contribution in [0.1, 0.15) is 21.5 Å². The molecule has 3 amide bonds. The number of hydrogen-bond donors (Lipinski definition) is 3. The van der Waals surface area contributed by atoms with E-state index < -0.39 is 12.6 Å². The van der Waals surface area contributed by atoms with E-state index in [0.717, 1.165) is 12.1 Å². The van der Waals surface area contributed by atoms with Gasteiger partial charge in [-0.15, -0.1) is 0 Å². The Morgan fingerprint density at radius 3 is 2.53 bits per heavy atom. The Bertz CT molecular complexity index is 875. The first-order valence-corrected chi connectivity index (χ1v) is 9.37. The lowest BCUT2D eigenvalue weighted by molar-refractivity contribution is -0.0493. The third kappa shape index (κ3) is 7.32. The van der Waals surface area contributed by atoms with Gasteiger partial charge in [-0.25, -0.2) is 4.79 Å². The highest BCUT2D eigenvalue weighted by Gasteiger charge is 2.14. The van der Waals surface area contributed by atoms with Gasteiger partial charge in [0.05, 0.1) is 5.69 Å². The first-order valence-electron chi connectivity index (χ1n) is 9.37. The highest BCUT2D eigenvalue weighted by Crippen LogP contribution is 2.29. The minimum Gasteiger partial charge on any atom is -0.433 e. The molecule has 162 valence electrons. The Labute approximate surface area is 174 Å². The van der Waals surface area contributed by atoms with Crippen LogP contribution in [0, 0.1) is 6.92 Å². The van der Waals surface area contributed by atoms with Crippen LogP contribution in [-0.2, 0) is 6.54 Å². The molecule has 0 saturated carbocycles. The second-order valence-corrected chi connectivity index (χ2v) is 6.89. The summed E-state index contributed by atoms with van der Waals surface area (Å²) in [6, 6.07) is 10.9. The van der Waals surface area contributed by atoms with E-state index in [1.807, 2.05) is 19.0 Å². The number of likely N-dealkylation sites (N-methyl/N-ethyl adjacent to an activating group) is 1. The smallest absolute Gasteiger partial charge is 0.387 e. The monoisotopic (exact) mass is 420 g/mol. The summed E-state index contributed by atoms with van der Waals surface area (Å²) in [5.41, 5.74) is 1.96. The minimum absolute atomic E-state index is 0.114. The van der Waals surface area contributed by atoms with Crippen molar-refractivity contribution in [2.24, 2.45) is 0 Å². The van der Waals surface area contributed by atoms with Crippen molar-refractivity contribution in [2.75, 3.05) is 32.5 Å². The normalized spacial score (nSPS) is 10.8. The molecule has 0 saturated heterocycles. The van der Waals surface area contributed by atoms with E-state index in [9.17, 15) is 18.4 Å². The number of aryl methyl sites for hydroxylation is 1. The maximum Gasteiger partial charge on any atom is 0.387 e. The molecule has 0 aliphatic heterocycles. The number of carbonyl (C=O) groups is 2. The minimum atomic E-state index is -3.00. The summed E-state index contributed by atoms with van der Waals surface area (Å²) in [5, 5.41) is 8.01. The van der Waals surface area contributed by atoms with Crippen LogP contribution in [0.2, 0.25) is 0 Å². The third-order valence-corrected chi connectivity index (χ3v) is 4.18. The number of benzene rings is 2. The molecule has 0 atom stereocenters. The van der Waals surface area contributed by atoms with Crippen LogP contribution in [0.15, 0.2) is 42.5 Å². The Kier molecular flexibility index (Phi) is 8.54. The topological polar surface area (TPSA) is 82.7 Å². The van der Waals surface area contributed by atoms with Crippen LogP contribution in [0.3, 0.4) is 0 Å². The number of anilines is 1. The van der Waals surface area contributed by atoms with E-state index in [1.54, 1.807) is 43.3 Å². The van der Waals surface area contributed by atoms with Gasteiger partial charge in [-0.05, 0) is 50.3 Å². The van der Waals surface area contributed by atoms with Gasteiger partial charge in [0.25, 0.3) is 5.91 Å². The number of hydrogen-bond acceptors (Lipinski definition) is 4. The van der Waals surface area contributed by atoms with Gasteiger partial charge in [0.15, 0.2) is 0 Å². The lowest BCUT2D eigenvalue weighted by Gasteiger charge is -2.15. The number of urea groups is 1. The summed E-state index contributed by atoms with van der Waals surface area (Å²) >= 11 is 0. The van der Waals surface area contributed by atoms with Crippen LogP contribution in [0.25, 0.3) is 0 Å². The lowest BCUT2D eigenvalue weighted by Crippen LogP contribution is -2.31. The molecule has 0 unspecified atom stereocenters. The summed E-state index contributed by atoms with van der Waals surface area (Å²) in [5.74, 6) is -0.312. The molecule has 2 aromatic carbocycles. The van der Waals surface area contributed by atoms with Gasteiger partial charge in [0, 0.05) is 25.2 Å². The molecule has 3 N–H and O–H groups in total. The van der Waals surface area contributed by atoms with Crippen molar-refractivity contribution in [3.8, 4) is 5.75 Å². The van der Waals surface area contributed by atoms with E-state index >= 15 is 0 Å². The number of ether oxygens (including phenoxy) is 1. The van der Waals surface area contributed by atoms with Crippen LogP contribution < -0.4 is 20.7 Å². The van der Waals surface area contributed by atoms with Crippen molar-refractivity contribution in [1.29, 1.82) is 0 Å². The fraction of sp³-hybridized carbons (Fsp3) is 0.333. The summed E-state index contributed by atoms with van der Waals surface area (Å²) < 4.78 is 29.6. The van der Waals surface area contributed by atoms with Crippen molar-refractivity contribution >= 4 is 17.6 Å². The molecule has 9 heteroatoms. The molecule has 0 aromatic heterocycles. The first kappa shape index (κ1) is 23.1. The molecule has 0 radical (unpaired) electrons. The quantitative estimate of drug-likeness (QED) is 0.582. The van der Waals surface area contributed by atoms with Gasteiger partial charge in [-0.3, -0.25) is 4.79 Å². The standard InChI is InChI=1S/C21H26F2N4O3/c1-14-6-4-9-17(30-20(22)23)18(14)26-21(29)25-13-15-7-5-8-16(12-15)19(28)24-10-11-27(2)3/h4-9,12,20H,10-11,13H2,1-3H3,(H,24,28)(H2,25,26,29). The second kappa shape index (κ2) is 11.1. The van der Waals surface area contributed by atoms with Gasteiger partial charge in [0.1, 0.15) is 5.75 Å². The summed E-state index contributed by atoms with van der Waals surface area (Å²) in [4.78, 5) is 26.4. The Hall–Kier alpha value is -3.20. The fourth-order valence-corrected chi connectivity index (χ4v) is 2.65. The molecule has 0 aliphatic carbocycles. The highest BCUT2D eigenvalue weighted by atomic mass is 19.3. The molecular weight excluding hydrogens is 394 g/mol. The Balaban J connectivity index is 1.95. The summed E-state index contributed by atoms with van der Waals surface area (Å²) in [7, 11) is 3.84. The predicted molar refractivity (Wildman–Crippen MR) is 111 cm³/mol. The zero-order valence-corrected chi connectivity index (χ0v) is 17.2. The van der Waals surface area contributed by atoms with Crippen LogP contribution >= 0.6 is 0 Å². The molecule has 0 bridgehead atoms. The maximum absolute atomic E-state index is 12.6. The lowest BCUT2D eigenvalue weighted by atomic mass is 10.1. The van der Waals surface area contributed by atoms with E-state index in [1.165, 1.54) is 6.07 Å². The highest BCUT2D eigenvalue weighted by molar-refractivity contribution is 5.94. The predicted octanol–water partition coefficient (Wildman–Crippen LogP) is 3.21. The number of alkyl halides is 2. The molecule has 30 heavy (non-hydrogen) atoms. The largest absolute Gasteiger partial charge is 0.433 e. The van der Waals surface area contributed by atoms with Crippen molar-refractivity contribution in [3.05, 3.63) is 59.2 Å². The van der Waals surface area contributed by atoms with E-state index in [-0.39, 0.29) is 23.9 Å². The maximum atomic E-state index is 12.6. The molecule has 0 fully saturated rings. The SMILES string of the molecule is Cc1cccc(OC(F)F)c1NC(=O)NCc1cccc(C(=O)NCCN(C)C)c1. The van der Waals surface area contributed by atoms with E-state index in [0.29, 0.717) is 17.7 Å². The van der Waals surface area contributed by atoms with Crippen molar-refractivity contribution in [2.45, 2.75) is 20.1 Å². The number of amides is 3. The third-order valence-electron chi connectivity index (χ3n) is 4.18. The number of nitrogens with zero attached hydrogens (tertiary/aromatic N) is 1. The zero-order chi connectivity index (χ0) is 22.1. The van der Waals surface area contributed by atoms with Crippen molar-refractivity contribution in [1.82, 2.24) is 15.5 Å². The van der Waals surface area contributed by atoms with Gasteiger partial charge < -0.3 is 25.6 Å². The van der Waals surface area contributed by atoms with Crippen LogP contribution in [0.5, 0.6) is 5.75 Å². The number of rotatable bonds is 9.